The summed E-state index contributed by atoms with van der Waals surface area (Å²) in [6.45, 7) is 17.5. The number of aliphatic hydroxyl groups is 3. The Hall–Kier alpha value is -3.19. The van der Waals surface area contributed by atoms with E-state index < -0.39 is 106 Å². The minimum absolute atomic E-state index is 0. The van der Waals surface area contributed by atoms with Crippen LogP contribution in [-0.2, 0) is 42.9 Å². The number of alkyl carbamates (subject to hydrolysis) is 1. The molecule has 3 aliphatic carbocycles. The van der Waals surface area contributed by atoms with Crippen LogP contribution in [0.15, 0.2) is 84.1 Å². The number of fused-ring (bicyclic) bond motifs is 5. The monoisotopic (exact) mass is 1180 g/mol. The number of nitrogens with one attached hydrogen (secondary N) is 1. The normalized spacial score (nSPS) is 30.9. The Labute approximate surface area is 446 Å². The van der Waals surface area contributed by atoms with Gasteiger partial charge in [-0.05, 0) is 105 Å². The van der Waals surface area contributed by atoms with Crippen LogP contribution in [0.2, 0.25) is 0 Å². The minimum Gasteiger partial charge on any atom is -0.461 e. The minimum atomic E-state index is -2.20. The second kappa shape index (κ2) is 26.0. The Bertz CT molecular complexity index is 2030. The number of carbonyl (C=O) groups is 5. The fourth-order valence-corrected chi connectivity index (χ4v) is 10.1. The fourth-order valence-electron chi connectivity index (χ4n) is 10.1. The zero-order chi connectivity index (χ0) is 50.7. The van der Waals surface area contributed by atoms with E-state index in [1.807, 2.05) is 18.2 Å². The predicted octanol–water partition coefficient (Wildman–Crippen LogP) is 8.35. The molecule has 0 aromatic carbocycles. The zero-order valence-corrected chi connectivity index (χ0v) is 47.6. The van der Waals surface area contributed by atoms with E-state index >= 15 is 4.79 Å². The van der Waals surface area contributed by atoms with E-state index in [1.54, 1.807) is 55.4 Å². The number of rotatable bonds is 20. The summed E-state index contributed by atoms with van der Waals surface area (Å²) in [6.07, 6.45) is 22.5. The number of ether oxygens (including phenoxy) is 5. The second-order valence-electron chi connectivity index (χ2n) is 20.5. The third-order valence-corrected chi connectivity index (χ3v) is 14.1. The number of amides is 1. The quantitative estimate of drug-likeness (QED) is 0.0515. The van der Waals surface area contributed by atoms with E-state index in [0.717, 1.165) is 39.0 Å². The van der Waals surface area contributed by atoms with Crippen molar-refractivity contribution in [3.63, 3.8) is 0 Å². The molecule has 4 aliphatic rings. The molecule has 69 heavy (non-hydrogen) atoms. The van der Waals surface area contributed by atoms with Gasteiger partial charge in [-0.15, -0.1) is 0 Å². The van der Waals surface area contributed by atoms with E-state index in [4.69, 9.17) is 23.7 Å². The van der Waals surface area contributed by atoms with Crippen molar-refractivity contribution in [2.75, 3.05) is 6.61 Å². The van der Waals surface area contributed by atoms with Crippen molar-refractivity contribution in [1.29, 1.82) is 0 Å². The van der Waals surface area contributed by atoms with Crippen LogP contribution in [0.25, 0.3) is 0 Å². The number of ketones is 1. The number of hydrogen-bond donors (Lipinski definition) is 4. The van der Waals surface area contributed by atoms with Crippen LogP contribution in [0.1, 0.15) is 140 Å². The van der Waals surface area contributed by atoms with Crippen molar-refractivity contribution in [3.05, 3.63) is 84.1 Å². The Morgan fingerprint density at radius 1 is 0.841 bits per heavy atom. The van der Waals surface area contributed by atoms with Crippen LogP contribution in [0.5, 0.6) is 0 Å². The average molecular weight is 1180 g/mol. The first-order valence-electron chi connectivity index (χ1n) is 24.3. The molecule has 1 radical (unpaired) electrons. The molecule has 4 rings (SSSR count). The predicted molar refractivity (Wildman–Crippen MR) is 259 cm³/mol. The van der Waals surface area contributed by atoms with Crippen molar-refractivity contribution in [2.45, 2.75) is 194 Å². The summed E-state index contributed by atoms with van der Waals surface area (Å²) >= 11 is 0. The maximum absolute atomic E-state index is 15.2. The van der Waals surface area contributed by atoms with E-state index in [2.05, 4.69) is 66.9 Å². The summed E-state index contributed by atoms with van der Waals surface area (Å²) < 4.78 is 29.4. The van der Waals surface area contributed by atoms with Gasteiger partial charge in [0.25, 0.3) is 0 Å². The van der Waals surface area contributed by atoms with Gasteiger partial charge in [0.15, 0.2) is 5.78 Å². The van der Waals surface area contributed by atoms with Crippen LogP contribution in [0.3, 0.4) is 0 Å². The van der Waals surface area contributed by atoms with Crippen LogP contribution in [0.4, 0.5) is 4.79 Å². The number of allylic oxidation sites excluding steroid dienone is 12. The van der Waals surface area contributed by atoms with E-state index in [0.29, 0.717) is 18.4 Å². The van der Waals surface area contributed by atoms with Crippen LogP contribution < -0.4 is 5.32 Å². The second-order valence-corrected chi connectivity index (χ2v) is 20.5. The average Bonchev–Trinajstić information content (AvgIpc) is 3.24. The number of Topliss-reactive ketones (excluding diaryl/α,β-unsaturated/α-hetero) is 1. The topological polar surface area (TPSA) is 204 Å². The van der Waals surface area contributed by atoms with E-state index in [-0.39, 0.29) is 75.5 Å². The Morgan fingerprint density at radius 2 is 1.36 bits per heavy atom. The number of hydrogen-bond acceptors (Lipinski definition) is 13. The van der Waals surface area contributed by atoms with Crippen LogP contribution in [0, 0.1) is 66.7 Å². The summed E-state index contributed by atoms with van der Waals surface area (Å²) in [4.78, 5) is 68.2. The van der Waals surface area contributed by atoms with Gasteiger partial charge >= 0.3 is 24.0 Å². The fraction of sp³-hybridized carbons (Fsp3) is 0.648. The largest absolute Gasteiger partial charge is 0.461 e. The number of carbonyl (C=O) groups excluding carboxylic acids is 5. The molecule has 2 unspecified atom stereocenters. The van der Waals surface area contributed by atoms with Crippen LogP contribution >= 0.6 is 0 Å². The van der Waals surface area contributed by atoms with Crippen molar-refractivity contribution in [3.8, 4) is 0 Å². The molecule has 0 aromatic rings. The van der Waals surface area contributed by atoms with Gasteiger partial charge < -0.3 is 44.3 Å². The Balaban J connectivity index is 0.0000126. The summed E-state index contributed by atoms with van der Waals surface area (Å²) in [5.41, 5.74) is -7.96. The molecule has 1 saturated heterocycles. The van der Waals surface area contributed by atoms with Gasteiger partial charge in [0.1, 0.15) is 41.2 Å². The number of esters is 3. The summed E-state index contributed by atoms with van der Waals surface area (Å²) in [6, 6.07) is -0.752. The third-order valence-electron chi connectivity index (χ3n) is 14.1. The van der Waals surface area contributed by atoms with Crippen LogP contribution in [-0.4, -0.2) is 105 Å². The maximum atomic E-state index is 15.2. The van der Waals surface area contributed by atoms with Gasteiger partial charge in [-0.3, -0.25) is 19.2 Å². The van der Waals surface area contributed by atoms with E-state index in [9.17, 15) is 34.5 Å². The molecule has 4 N–H and O–H groups in total. The molecule has 15 heteroatoms. The van der Waals surface area contributed by atoms with E-state index in [1.165, 1.54) is 6.92 Å². The van der Waals surface area contributed by atoms with Gasteiger partial charge in [-0.25, -0.2) is 4.79 Å². The third kappa shape index (κ3) is 14.5. The SMILES string of the molecule is CC/C=C\C/C=C\C/C=C\C/C=C\C/C=C\C/C=C\CCC(=O)O[C@H]1C[C@H]2OC[C@@]2(O)[C@H]2[C@H](OC(C)=O)[C@]3(O)CC(OC(=O)C(C)[C@H](C)NC(=O)OC(C)(C)C)C(C)=C([C@@H](O)C(=O)[C@]12C)C3(C)C.[Ac]. The van der Waals surface area contributed by atoms with Gasteiger partial charge in [-0.2, -0.15) is 0 Å². The molecule has 3 fully saturated rings. The molecule has 0 spiro atoms. The molecular formula is C54H79AcNO13. The first-order chi connectivity index (χ1) is 31.9. The molecule has 1 heterocycles. The smallest absolute Gasteiger partial charge is 0.407 e. The molecule has 0 aromatic heterocycles. The zero-order valence-electron chi connectivity index (χ0n) is 42.8. The molecule has 2 bridgehead atoms. The number of aliphatic hydroxyl groups excluding tert-OH is 1. The van der Waals surface area contributed by atoms with Gasteiger partial charge in [0, 0.05) is 87.6 Å². The molecule has 11 atom stereocenters. The van der Waals surface area contributed by atoms with Crippen molar-refractivity contribution in [1.82, 2.24) is 5.32 Å². The molecule has 381 valence electrons. The van der Waals surface area contributed by atoms with Crippen molar-refractivity contribution in [2.24, 2.45) is 22.7 Å². The molecule has 2 saturated carbocycles. The summed E-state index contributed by atoms with van der Waals surface area (Å²) in [7, 11) is 0. The summed E-state index contributed by atoms with van der Waals surface area (Å²) in [5, 5.41) is 40.7. The van der Waals surface area contributed by atoms with Gasteiger partial charge in [0.05, 0.1) is 24.0 Å². The standard InChI is InChI=1S/C54H79NO13.Ac/c1-12-13-14-15-16-17-18-19-20-21-22-23-24-25-26-27-28-29-30-31-42(57)67-40-32-41-53(62,34-64-41)45-47(65-38(5)56)54(63)33-39(36(3)43(51(54,9)10)44(58)46(59)52(40,45)11)66-48(60)35(2)37(4)55-49(61)68-50(6,7)8;/h13-14,16-17,19-20,22-23,25-26,28-29,35,37,39-41,44-45,47,58,62-63H,12,15,18,21,24,27,30-34H2,1-11H3,(H,55,61);/b14-13-,17-16-,20-19-,23-22-,26-25-,29-28-;/t35?,37-,39?,40-,41+,44+,45-,47-,52+,53-,54+;/m0./s1. The van der Waals surface area contributed by atoms with Gasteiger partial charge in [0.2, 0.25) is 0 Å². The summed E-state index contributed by atoms with van der Waals surface area (Å²) in [5.74, 6) is -5.43. The van der Waals surface area contributed by atoms with Crippen molar-refractivity contribution < 1.29 is 107 Å². The molecular weight excluding hydrogens is 1100 g/mol. The molecule has 1 amide bonds. The maximum Gasteiger partial charge on any atom is 0.407 e. The molecule has 1 aliphatic heterocycles. The Morgan fingerprint density at radius 3 is 1.84 bits per heavy atom. The van der Waals surface area contributed by atoms with Gasteiger partial charge in [-0.1, -0.05) is 93.7 Å². The Kier molecular flexibility index (Phi) is 22.6. The first-order valence-corrected chi connectivity index (χ1v) is 24.3. The first kappa shape index (κ1) is 60.1. The molecule has 14 nitrogen and oxygen atoms in total. The van der Waals surface area contributed by atoms with Crippen molar-refractivity contribution >= 4 is 29.8 Å².